The second kappa shape index (κ2) is 5.91. The van der Waals surface area contributed by atoms with E-state index in [4.69, 9.17) is 0 Å². The van der Waals surface area contributed by atoms with Crippen molar-refractivity contribution in [2.45, 2.75) is 0 Å². The Morgan fingerprint density at radius 1 is 1.05 bits per heavy atom. The van der Waals surface area contributed by atoms with Gasteiger partial charge in [-0.15, -0.1) is 35.4 Å². The van der Waals surface area contributed by atoms with Gasteiger partial charge in [0, 0.05) is 27.2 Å². The van der Waals surface area contributed by atoms with Gasteiger partial charge in [-0.2, -0.15) is 0 Å². The average molecular weight is 426 g/mol. The molecule has 2 aromatic carbocycles. The van der Waals surface area contributed by atoms with E-state index in [2.05, 4.69) is 34.3 Å². The number of benzene rings is 2. The first-order chi connectivity index (χ1) is 8.83. The Morgan fingerprint density at radius 2 is 1.84 bits per heavy atom. The molecular formula is C15H12IrN3-. The van der Waals surface area contributed by atoms with E-state index in [1.165, 1.54) is 5.56 Å². The molecule has 0 aliphatic heterocycles. The summed E-state index contributed by atoms with van der Waals surface area (Å²) in [5.41, 5.74) is 3.25. The Labute approximate surface area is 125 Å². The maximum Gasteiger partial charge on any atom is 0.102 e. The molecule has 3 rings (SSSR count). The first kappa shape index (κ1) is 13.7. The van der Waals surface area contributed by atoms with Gasteiger partial charge in [0.1, 0.15) is 6.33 Å². The van der Waals surface area contributed by atoms with Crippen molar-refractivity contribution in [3.05, 3.63) is 60.9 Å². The van der Waals surface area contributed by atoms with E-state index < -0.39 is 0 Å². The molecule has 0 unspecified atom stereocenters. The van der Waals surface area contributed by atoms with Crippen LogP contribution in [-0.4, -0.2) is 14.8 Å². The minimum absolute atomic E-state index is 0. The fourth-order valence-corrected chi connectivity index (χ4v) is 1.87. The van der Waals surface area contributed by atoms with Crippen LogP contribution in [0.1, 0.15) is 0 Å². The number of hydrogen-bond acceptors (Lipinski definition) is 2. The zero-order valence-electron chi connectivity index (χ0n) is 10.4. The molecule has 0 aliphatic carbocycles. The molecule has 0 bridgehead atoms. The summed E-state index contributed by atoms with van der Waals surface area (Å²) in [5, 5.41) is 4.29. The molecule has 1 aromatic heterocycles. The third-order valence-electron chi connectivity index (χ3n) is 2.75. The van der Waals surface area contributed by atoms with Crippen LogP contribution in [0.2, 0.25) is 0 Å². The number of nitrogens with zero attached hydrogens (tertiary/aromatic N) is 3. The maximum atomic E-state index is 4.29. The van der Waals surface area contributed by atoms with Gasteiger partial charge in [-0.05, 0) is 5.56 Å². The van der Waals surface area contributed by atoms with Crippen molar-refractivity contribution in [2.24, 2.45) is 7.05 Å². The molecule has 0 fully saturated rings. The van der Waals surface area contributed by atoms with E-state index in [1.807, 2.05) is 37.4 Å². The third-order valence-corrected chi connectivity index (χ3v) is 2.75. The monoisotopic (exact) mass is 427 g/mol. The van der Waals surface area contributed by atoms with Gasteiger partial charge in [0.2, 0.25) is 0 Å². The Hall–Kier alpha value is -1.77. The second-order valence-electron chi connectivity index (χ2n) is 4.10. The fraction of sp³-hybridized carbons (Fsp3) is 0.0667. The molecule has 0 saturated carbocycles. The van der Waals surface area contributed by atoms with Crippen LogP contribution in [0.3, 0.4) is 0 Å². The normalized spacial score (nSPS) is 9.95. The number of aromatic nitrogens is 3. The van der Waals surface area contributed by atoms with Gasteiger partial charge < -0.3 is 0 Å². The third kappa shape index (κ3) is 2.98. The van der Waals surface area contributed by atoms with Gasteiger partial charge in [-0.25, -0.2) is 5.10 Å². The topological polar surface area (TPSA) is 30.7 Å². The Morgan fingerprint density at radius 3 is 2.53 bits per heavy atom. The second-order valence-corrected chi connectivity index (χ2v) is 4.10. The molecule has 0 atom stereocenters. The quantitative estimate of drug-likeness (QED) is 0.590. The largest absolute Gasteiger partial charge is 0.265 e. The van der Waals surface area contributed by atoms with E-state index in [0.29, 0.717) is 5.82 Å². The van der Waals surface area contributed by atoms with E-state index in [0.717, 1.165) is 11.1 Å². The van der Waals surface area contributed by atoms with Crippen molar-refractivity contribution in [2.75, 3.05) is 0 Å². The summed E-state index contributed by atoms with van der Waals surface area (Å²) in [6.07, 6.45) is 1.69. The van der Waals surface area contributed by atoms with Crippen LogP contribution in [0.15, 0.2) is 54.9 Å². The number of rotatable bonds is 2. The van der Waals surface area contributed by atoms with E-state index in [9.17, 15) is 0 Å². The standard InChI is InChI=1S/C15H12N3.Ir/c1-18-11-16-15(17-18)14-9-5-8-13(10-14)12-6-3-2-4-7-12;/h2-8,10-11H,1H3;/q-1;. The minimum atomic E-state index is 0. The predicted octanol–water partition coefficient (Wildman–Crippen LogP) is 2.95. The fourth-order valence-electron chi connectivity index (χ4n) is 1.87. The van der Waals surface area contributed by atoms with Gasteiger partial charge >= 0.3 is 0 Å². The van der Waals surface area contributed by atoms with Gasteiger partial charge in [-0.1, -0.05) is 30.3 Å². The van der Waals surface area contributed by atoms with E-state index in [1.54, 1.807) is 11.0 Å². The molecule has 0 spiro atoms. The van der Waals surface area contributed by atoms with Crippen LogP contribution >= 0.6 is 0 Å². The van der Waals surface area contributed by atoms with Crippen LogP contribution in [0.25, 0.3) is 22.5 Å². The van der Waals surface area contributed by atoms with Gasteiger partial charge in [0.15, 0.2) is 0 Å². The molecule has 1 heterocycles. The molecule has 0 N–H and O–H groups in total. The van der Waals surface area contributed by atoms with Crippen LogP contribution in [0.4, 0.5) is 0 Å². The van der Waals surface area contributed by atoms with E-state index >= 15 is 0 Å². The molecule has 3 aromatic rings. The van der Waals surface area contributed by atoms with Gasteiger partial charge in [0.05, 0.1) is 5.82 Å². The Kier molecular flexibility index (Phi) is 4.25. The average Bonchev–Trinajstić information content (AvgIpc) is 2.87. The number of hydrogen-bond donors (Lipinski definition) is 0. The summed E-state index contributed by atoms with van der Waals surface area (Å²) in [6.45, 7) is 0. The van der Waals surface area contributed by atoms with Crippen LogP contribution < -0.4 is 0 Å². The molecule has 1 radical (unpaired) electrons. The summed E-state index contributed by atoms with van der Waals surface area (Å²) in [5.74, 6) is 0.704. The van der Waals surface area contributed by atoms with Crippen molar-refractivity contribution in [1.82, 2.24) is 14.8 Å². The van der Waals surface area contributed by atoms with Crippen molar-refractivity contribution in [3.8, 4) is 22.5 Å². The summed E-state index contributed by atoms with van der Waals surface area (Å²) in [6, 6.07) is 19.4. The summed E-state index contributed by atoms with van der Waals surface area (Å²) in [4.78, 5) is 4.24. The van der Waals surface area contributed by atoms with Crippen LogP contribution in [-0.2, 0) is 27.2 Å². The van der Waals surface area contributed by atoms with Gasteiger partial charge in [-0.3, -0.25) is 9.67 Å². The van der Waals surface area contributed by atoms with Crippen molar-refractivity contribution < 1.29 is 20.1 Å². The molecule has 3 nitrogen and oxygen atoms in total. The molecular weight excluding hydrogens is 414 g/mol. The molecule has 19 heavy (non-hydrogen) atoms. The summed E-state index contributed by atoms with van der Waals surface area (Å²) >= 11 is 0. The molecule has 0 saturated heterocycles. The summed E-state index contributed by atoms with van der Waals surface area (Å²) < 4.78 is 1.69. The Bertz CT molecular complexity index is 662. The van der Waals surface area contributed by atoms with Crippen molar-refractivity contribution in [3.63, 3.8) is 0 Å². The SMILES string of the molecule is Cn1cnc(-c2[c-]ccc(-c3ccccc3)c2)n1.[Ir]. The number of aryl methyl sites for hydroxylation is 1. The van der Waals surface area contributed by atoms with Crippen molar-refractivity contribution in [1.29, 1.82) is 0 Å². The molecule has 97 valence electrons. The van der Waals surface area contributed by atoms with Crippen LogP contribution in [0, 0.1) is 6.07 Å². The molecule has 0 aliphatic rings. The van der Waals surface area contributed by atoms with E-state index in [-0.39, 0.29) is 20.1 Å². The molecule has 0 amide bonds. The zero-order chi connectivity index (χ0) is 12.4. The minimum Gasteiger partial charge on any atom is -0.265 e. The van der Waals surface area contributed by atoms with Crippen molar-refractivity contribution >= 4 is 0 Å². The summed E-state index contributed by atoms with van der Waals surface area (Å²) in [7, 11) is 1.86. The smallest absolute Gasteiger partial charge is 0.102 e. The zero-order valence-corrected chi connectivity index (χ0v) is 12.8. The first-order valence-corrected chi connectivity index (χ1v) is 5.76. The maximum absolute atomic E-state index is 4.29. The van der Waals surface area contributed by atoms with Crippen LogP contribution in [0.5, 0.6) is 0 Å². The molecule has 4 heteroatoms. The van der Waals surface area contributed by atoms with Gasteiger partial charge in [0.25, 0.3) is 0 Å². The predicted molar refractivity (Wildman–Crippen MR) is 70.7 cm³/mol. The Balaban J connectivity index is 0.00000133. The first-order valence-electron chi connectivity index (χ1n) is 5.76.